The van der Waals surface area contributed by atoms with Crippen LogP contribution in [0.1, 0.15) is 11.1 Å². The number of hydrogen-bond donors (Lipinski definition) is 1. The Labute approximate surface area is 145 Å². The van der Waals surface area contributed by atoms with Gasteiger partial charge in [0.1, 0.15) is 0 Å². The van der Waals surface area contributed by atoms with Gasteiger partial charge < -0.3 is 0 Å². The van der Waals surface area contributed by atoms with Gasteiger partial charge in [0.2, 0.25) is 10.0 Å². The summed E-state index contributed by atoms with van der Waals surface area (Å²) in [5.41, 5.74) is 2.64. The van der Waals surface area contributed by atoms with Gasteiger partial charge in [-0.2, -0.15) is 0 Å². The summed E-state index contributed by atoms with van der Waals surface area (Å²) in [5, 5.41) is 3.18. The molecule has 0 aliphatic rings. The standard InChI is InChI=1S/C18H16N2O2S2/c21-24(22,10-8-15-5-2-1-3-6-15)20-13-16-11-17(14-19-12-16)18-7-4-9-23-18/h1-12,14,20H,13H2. The summed E-state index contributed by atoms with van der Waals surface area (Å²) in [6, 6.07) is 15.2. The molecule has 0 amide bonds. The Hall–Kier alpha value is -2.28. The smallest absolute Gasteiger partial charge is 0.234 e. The molecule has 0 bridgehead atoms. The maximum Gasteiger partial charge on any atom is 0.234 e. The van der Waals surface area contributed by atoms with E-state index in [9.17, 15) is 8.42 Å². The minimum atomic E-state index is -3.50. The molecule has 24 heavy (non-hydrogen) atoms. The molecule has 122 valence electrons. The van der Waals surface area contributed by atoms with Crippen molar-refractivity contribution in [3.05, 3.63) is 82.8 Å². The molecule has 1 aromatic carbocycles. The lowest BCUT2D eigenvalue weighted by Gasteiger charge is -2.05. The van der Waals surface area contributed by atoms with Crippen molar-refractivity contribution in [3.8, 4) is 10.4 Å². The first-order valence-corrected chi connectivity index (χ1v) is 9.76. The average molecular weight is 356 g/mol. The largest absolute Gasteiger partial charge is 0.264 e. The molecule has 0 fully saturated rings. The molecule has 0 atom stereocenters. The van der Waals surface area contributed by atoms with Crippen LogP contribution in [0.25, 0.3) is 16.5 Å². The van der Waals surface area contributed by atoms with Crippen LogP contribution in [0.15, 0.2) is 71.7 Å². The number of thiophene rings is 1. The molecule has 0 unspecified atom stereocenters. The molecule has 0 saturated heterocycles. The van der Waals surface area contributed by atoms with E-state index in [0.29, 0.717) is 0 Å². The van der Waals surface area contributed by atoms with Crippen molar-refractivity contribution in [2.45, 2.75) is 6.54 Å². The first kappa shape index (κ1) is 16.6. The highest BCUT2D eigenvalue weighted by atomic mass is 32.2. The second-order valence-electron chi connectivity index (χ2n) is 5.14. The van der Waals surface area contributed by atoms with Gasteiger partial charge in [-0.15, -0.1) is 11.3 Å². The van der Waals surface area contributed by atoms with Crippen LogP contribution in [0.2, 0.25) is 0 Å². The zero-order chi connectivity index (χ0) is 16.8. The molecule has 2 heterocycles. The predicted molar refractivity (Wildman–Crippen MR) is 98.8 cm³/mol. The van der Waals surface area contributed by atoms with E-state index in [2.05, 4.69) is 9.71 Å². The minimum absolute atomic E-state index is 0.202. The van der Waals surface area contributed by atoms with E-state index in [1.165, 1.54) is 5.41 Å². The van der Waals surface area contributed by atoms with Crippen molar-refractivity contribution in [1.29, 1.82) is 0 Å². The van der Waals surface area contributed by atoms with Crippen LogP contribution < -0.4 is 4.72 Å². The summed E-state index contributed by atoms with van der Waals surface area (Å²) < 4.78 is 26.7. The van der Waals surface area contributed by atoms with Gasteiger partial charge in [-0.1, -0.05) is 36.4 Å². The van der Waals surface area contributed by atoms with Crippen molar-refractivity contribution < 1.29 is 8.42 Å². The van der Waals surface area contributed by atoms with E-state index in [4.69, 9.17) is 0 Å². The highest BCUT2D eigenvalue weighted by molar-refractivity contribution is 7.92. The van der Waals surface area contributed by atoms with Gasteiger partial charge in [0.15, 0.2) is 0 Å². The summed E-state index contributed by atoms with van der Waals surface area (Å²) in [6.07, 6.45) is 5.02. The van der Waals surface area contributed by atoms with Crippen LogP contribution in [0, 0.1) is 0 Å². The second-order valence-corrected chi connectivity index (χ2v) is 7.74. The van der Waals surface area contributed by atoms with E-state index in [0.717, 1.165) is 21.6 Å². The first-order valence-electron chi connectivity index (χ1n) is 7.33. The molecule has 0 aliphatic carbocycles. The van der Waals surface area contributed by atoms with Gasteiger partial charge in [-0.05, 0) is 34.7 Å². The summed E-state index contributed by atoms with van der Waals surface area (Å²) in [7, 11) is -3.50. The predicted octanol–water partition coefficient (Wildman–Crippen LogP) is 3.90. The molecule has 3 rings (SSSR count). The molecule has 6 heteroatoms. The normalized spacial score (nSPS) is 11.8. The maximum atomic E-state index is 12.1. The summed E-state index contributed by atoms with van der Waals surface area (Å²) in [4.78, 5) is 5.30. The minimum Gasteiger partial charge on any atom is -0.264 e. The number of sulfonamides is 1. The van der Waals surface area contributed by atoms with E-state index in [-0.39, 0.29) is 6.54 Å². The number of pyridine rings is 1. The van der Waals surface area contributed by atoms with Crippen LogP contribution in [-0.2, 0) is 16.6 Å². The fourth-order valence-corrected chi connectivity index (χ4v) is 3.64. The van der Waals surface area contributed by atoms with Crippen LogP contribution in [0.4, 0.5) is 0 Å². The summed E-state index contributed by atoms with van der Waals surface area (Å²) >= 11 is 1.62. The molecule has 2 aromatic heterocycles. The van der Waals surface area contributed by atoms with Crippen molar-refractivity contribution in [1.82, 2.24) is 9.71 Å². The number of benzene rings is 1. The molecular weight excluding hydrogens is 340 g/mol. The number of aromatic nitrogens is 1. The Kier molecular flexibility index (Phi) is 5.20. The zero-order valence-corrected chi connectivity index (χ0v) is 14.4. The van der Waals surface area contributed by atoms with Crippen molar-refractivity contribution in [2.75, 3.05) is 0 Å². The van der Waals surface area contributed by atoms with E-state index < -0.39 is 10.0 Å². The van der Waals surface area contributed by atoms with Gasteiger partial charge >= 0.3 is 0 Å². The lowest BCUT2D eigenvalue weighted by molar-refractivity contribution is 0.590. The van der Waals surface area contributed by atoms with E-state index in [1.54, 1.807) is 29.8 Å². The number of nitrogens with one attached hydrogen (secondary N) is 1. The molecule has 3 aromatic rings. The molecular formula is C18H16N2O2S2. The third-order valence-electron chi connectivity index (χ3n) is 3.32. The Bertz CT molecular complexity index is 919. The van der Waals surface area contributed by atoms with Crippen molar-refractivity contribution in [2.24, 2.45) is 0 Å². The lowest BCUT2D eigenvalue weighted by Crippen LogP contribution is -2.20. The number of rotatable bonds is 6. The van der Waals surface area contributed by atoms with Crippen molar-refractivity contribution >= 4 is 27.4 Å². The monoisotopic (exact) mass is 356 g/mol. The third kappa shape index (κ3) is 4.61. The molecule has 0 saturated carbocycles. The van der Waals surface area contributed by atoms with E-state index in [1.807, 2.05) is 53.9 Å². The van der Waals surface area contributed by atoms with Crippen LogP contribution >= 0.6 is 11.3 Å². The SMILES string of the molecule is O=S(=O)(C=Cc1ccccc1)NCc1cncc(-c2cccs2)c1. The Balaban J connectivity index is 1.67. The van der Waals surface area contributed by atoms with Crippen LogP contribution in [-0.4, -0.2) is 13.4 Å². The van der Waals surface area contributed by atoms with Gasteiger partial charge in [-0.25, -0.2) is 13.1 Å². The fourth-order valence-electron chi connectivity index (χ4n) is 2.13. The topological polar surface area (TPSA) is 59.1 Å². The molecule has 4 nitrogen and oxygen atoms in total. The van der Waals surface area contributed by atoms with Gasteiger partial charge in [-0.3, -0.25) is 4.98 Å². The summed E-state index contributed by atoms with van der Waals surface area (Å²) in [6.45, 7) is 0.202. The Morgan fingerprint density at radius 1 is 1.08 bits per heavy atom. The van der Waals surface area contributed by atoms with E-state index >= 15 is 0 Å². The molecule has 0 radical (unpaired) electrons. The van der Waals surface area contributed by atoms with Crippen LogP contribution in [0.3, 0.4) is 0 Å². The third-order valence-corrected chi connectivity index (χ3v) is 5.28. The highest BCUT2D eigenvalue weighted by Gasteiger charge is 2.07. The fraction of sp³-hybridized carbons (Fsp3) is 0.0556. The van der Waals surface area contributed by atoms with Crippen LogP contribution in [0.5, 0.6) is 0 Å². The van der Waals surface area contributed by atoms with Crippen molar-refractivity contribution in [3.63, 3.8) is 0 Å². The molecule has 0 spiro atoms. The van der Waals surface area contributed by atoms with Gasteiger partial charge in [0, 0.05) is 34.8 Å². The highest BCUT2D eigenvalue weighted by Crippen LogP contribution is 2.24. The summed E-state index contributed by atoms with van der Waals surface area (Å²) in [5.74, 6) is 0. The van der Waals surface area contributed by atoms with Gasteiger partial charge in [0.25, 0.3) is 0 Å². The average Bonchev–Trinajstić information content (AvgIpc) is 3.14. The Morgan fingerprint density at radius 2 is 1.92 bits per heavy atom. The first-order chi connectivity index (χ1) is 11.6. The molecule has 0 aliphatic heterocycles. The lowest BCUT2D eigenvalue weighted by atomic mass is 10.2. The number of nitrogens with zero attached hydrogens (tertiary/aromatic N) is 1. The molecule has 1 N–H and O–H groups in total. The number of hydrogen-bond acceptors (Lipinski definition) is 4. The second kappa shape index (κ2) is 7.53. The maximum absolute atomic E-state index is 12.1. The van der Waals surface area contributed by atoms with Gasteiger partial charge in [0.05, 0.1) is 0 Å². The Morgan fingerprint density at radius 3 is 2.67 bits per heavy atom. The zero-order valence-electron chi connectivity index (χ0n) is 12.8. The quantitative estimate of drug-likeness (QED) is 0.729.